The highest BCUT2D eigenvalue weighted by Gasteiger charge is 2.53. The van der Waals surface area contributed by atoms with E-state index < -0.39 is 0 Å². The van der Waals surface area contributed by atoms with Crippen LogP contribution in [-0.2, 0) is 12.0 Å². The van der Waals surface area contributed by atoms with Gasteiger partial charge in [0.25, 0.3) is 0 Å². The van der Waals surface area contributed by atoms with Crippen molar-refractivity contribution in [2.45, 2.75) is 50.0 Å². The molecule has 0 spiro atoms. The molecule has 2 aliphatic carbocycles. The molecule has 3 aromatic rings. The van der Waals surface area contributed by atoms with E-state index in [0.29, 0.717) is 24.2 Å². The number of hydrogen-bond acceptors (Lipinski definition) is 3. The molecule has 0 saturated heterocycles. The van der Waals surface area contributed by atoms with Crippen molar-refractivity contribution < 1.29 is 4.39 Å². The van der Waals surface area contributed by atoms with E-state index in [2.05, 4.69) is 47.9 Å². The lowest BCUT2D eigenvalue weighted by Crippen LogP contribution is -2.38. The van der Waals surface area contributed by atoms with Crippen molar-refractivity contribution in [3.8, 4) is 6.19 Å². The van der Waals surface area contributed by atoms with Crippen LogP contribution in [0, 0.1) is 23.2 Å². The Hall–Kier alpha value is -4.04. The Morgan fingerprint density at radius 3 is 2.59 bits per heavy atom. The van der Waals surface area contributed by atoms with Crippen molar-refractivity contribution in [1.82, 2.24) is 5.32 Å². The van der Waals surface area contributed by atoms with Crippen LogP contribution in [0.4, 0.5) is 10.1 Å². The molecule has 4 nitrogen and oxygen atoms in total. The summed E-state index contributed by atoms with van der Waals surface area (Å²) in [5, 5.41) is 12.3. The molecule has 1 heterocycles. The predicted octanol–water partition coefficient (Wildman–Crippen LogP) is 7.12. The maximum Gasteiger partial charge on any atom is 0.182 e. The topological polar surface area (TPSA) is 60.5 Å². The second kappa shape index (κ2) is 9.78. The van der Waals surface area contributed by atoms with Gasteiger partial charge in [-0.3, -0.25) is 15.3 Å². The van der Waals surface area contributed by atoms with Gasteiger partial charge in [-0.2, -0.15) is 5.26 Å². The van der Waals surface area contributed by atoms with Gasteiger partial charge in [-0.15, -0.1) is 0 Å². The van der Waals surface area contributed by atoms with Gasteiger partial charge in [0.05, 0.1) is 12.2 Å². The second-order valence-corrected chi connectivity index (χ2v) is 10.3. The van der Waals surface area contributed by atoms with E-state index in [4.69, 9.17) is 9.98 Å². The molecule has 3 aromatic carbocycles. The molecule has 0 aromatic heterocycles. The zero-order chi connectivity index (χ0) is 25.2. The van der Waals surface area contributed by atoms with Gasteiger partial charge in [0, 0.05) is 17.0 Å². The highest BCUT2D eigenvalue weighted by Crippen LogP contribution is 2.59. The quantitative estimate of drug-likeness (QED) is 0.180. The van der Waals surface area contributed by atoms with Crippen LogP contribution in [0.3, 0.4) is 0 Å². The summed E-state index contributed by atoms with van der Waals surface area (Å²) in [6.07, 6.45) is 8.83. The van der Waals surface area contributed by atoms with E-state index in [1.54, 1.807) is 12.1 Å². The molecule has 0 radical (unpaired) electrons. The summed E-state index contributed by atoms with van der Waals surface area (Å²) >= 11 is 0. The Labute approximate surface area is 217 Å². The van der Waals surface area contributed by atoms with E-state index >= 15 is 0 Å². The fraction of sp³-hybridized carbons (Fsp3) is 0.281. The minimum atomic E-state index is -0.236. The van der Waals surface area contributed by atoms with Crippen molar-refractivity contribution in [2.24, 2.45) is 15.9 Å². The number of rotatable bonds is 5. The van der Waals surface area contributed by atoms with Crippen LogP contribution in [0.5, 0.6) is 0 Å². The Bertz CT molecular complexity index is 1430. The van der Waals surface area contributed by atoms with Crippen LogP contribution >= 0.6 is 0 Å². The monoisotopic (exact) mass is 488 g/mol. The summed E-state index contributed by atoms with van der Waals surface area (Å²) in [7, 11) is 0. The molecule has 1 saturated carbocycles. The summed E-state index contributed by atoms with van der Waals surface area (Å²) in [5.41, 5.74) is 6.38. The second-order valence-electron chi connectivity index (χ2n) is 10.3. The number of amidine groups is 1. The van der Waals surface area contributed by atoms with Crippen LogP contribution in [0.2, 0.25) is 0 Å². The van der Waals surface area contributed by atoms with Crippen molar-refractivity contribution >= 4 is 17.2 Å². The molecule has 1 fully saturated rings. The van der Waals surface area contributed by atoms with Crippen molar-refractivity contribution in [3.05, 3.63) is 113 Å². The van der Waals surface area contributed by atoms with E-state index in [1.165, 1.54) is 16.8 Å². The van der Waals surface area contributed by atoms with Crippen molar-refractivity contribution in [1.29, 1.82) is 5.26 Å². The summed E-state index contributed by atoms with van der Waals surface area (Å²) in [5.74, 6) is 1.25. The van der Waals surface area contributed by atoms with Gasteiger partial charge in [0.15, 0.2) is 6.19 Å². The van der Waals surface area contributed by atoms with E-state index in [-0.39, 0.29) is 11.2 Å². The number of allylic oxidation sites excluding steroid dienone is 1. The van der Waals surface area contributed by atoms with Crippen molar-refractivity contribution in [2.75, 3.05) is 0 Å². The lowest BCUT2D eigenvalue weighted by molar-refractivity contribution is 0.490. The van der Waals surface area contributed by atoms with E-state index in [0.717, 1.165) is 48.9 Å². The summed E-state index contributed by atoms with van der Waals surface area (Å²) in [4.78, 5) is 9.97. The first-order valence-corrected chi connectivity index (χ1v) is 13.0. The zero-order valence-corrected chi connectivity index (χ0v) is 20.7. The number of nitrogens with zero attached hydrogens (tertiary/aromatic N) is 3. The van der Waals surface area contributed by atoms with Gasteiger partial charge in [0.1, 0.15) is 11.7 Å². The summed E-state index contributed by atoms with van der Waals surface area (Å²) in [6.45, 7) is 0.519. The molecule has 3 aliphatic rings. The minimum Gasteiger partial charge on any atom is -0.277 e. The molecule has 3 unspecified atom stereocenters. The minimum absolute atomic E-state index is 0.235. The first kappa shape index (κ1) is 23.4. The number of aliphatic imine (C=N–C) groups is 2. The molecule has 6 rings (SSSR count). The van der Waals surface area contributed by atoms with Crippen molar-refractivity contribution in [3.63, 3.8) is 0 Å². The summed E-state index contributed by atoms with van der Waals surface area (Å²) in [6, 6.07) is 25.8. The molecule has 0 amide bonds. The van der Waals surface area contributed by atoms with E-state index in [1.807, 2.05) is 36.4 Å². The molecule has 184 valence electrons. The van der Waals surface area contributed by atoms with Crippen LogP contribution in [0.25, 0.3) is 0 Å². The number of nitriles is 1. The standard InChI is InChI=1S/C32H29FN4/c33-25-13-14-26-27-19-28(27)30(37-29(26)18-25)32(24-11-5-2-6-12-24)16-7-10-23(15-17-32)31(36-21-34)35-20-22-8-3-1-4-9-22/h1-6,8-14,18,27-28H,7,15-17,19-20H2,(H,35,36). The Morgan fingerprint density at radius 2 is 1.81 bits per heavy atom. The normalized spacial score (nSPS) is 24.5. The Kier molecular flexibility index (Phi) is 6.18. The highest BCUT2D eigenvalue weighted by atomic mass is 19.1. The largest absolute Gasteiger partial charge is 0.277 e. The van der Waals surface area contributed by atoms with Gasteiger partial charge >= 0.3 is 0 Å². The maximum atomic E-state index is 14.2. The molecule has 1 N–H and O–H groups in total. The van der Waals surface area contributed by atoms with Crippen LogP contribution < -0.4 is 5.32 Å². The summed E-state index contributed by atoms with van der Waals surface area (Å²) < 4.78 is 14.2. The third-order valence-electron chi connectivity index (χ3n) is 8.12. The number of fused-ring (bicyclic) bond motifs is 3. The molecule has 1 aliphatic heterocycles. The number of halogens is 1. The number of hydrogen-bond donors (Lipinski definition) is 1. The first-order chi connectivity index (χ1) is 18.2. The molecule has 3 atom stereocenters. The van der Waals surface area contributed by atoms with Gasteiger partial charge in [-0.1, -0.05) is 72.8 Å². The predicted molar refractivity (Wildman–Crippen MR) is 145 cm³/mol. The van der Waals surface area contributed by atoms with E-state index in [9.17, 15) is 9.65 Å². The maximum absolute atomic E-state index is 14.2. The average Bonchev–Trinajstić information content (AvgIpc) is 3.76. The zero-order valence-electron chi connectivity index (χ0n) is 20.7. The molecule has 37 heavy (non-hydrogen) atoms. The van der Waals surface area contributed by atoms with Gasteiger partial charge < -0.3 is 0 Å². The van der Waals surface area contributed by atoms with Crippen LogP contribution in [-0.4, -0.2) is 11.5 Å². The van der Waals surface area contributed by atoms with Gasteiger partial charge in [0.2, 0.25) is 0 Å². The lowest BCUT2D eigenvalue weighted by Gasteiger charge is -2.37. The highest BCUT2D eigenvalue weighted by molar-refractivity contribution is 6.04. The molecule has 0 bridgehead atoms. The Balaban J connectivity index is 1.35. The van der Waals surface area contributed by atoms with Gasteiger partial charge in [-0.25, -0.2) is 4.39 Å². The number of nitrogens with one attached hydrogen (secondary N) is 1. The fourth-order valence-electron chi connectivity index (χ4n) is 6.20. The van der Waals surface area contributed by atoms with Gasteiger partial charge in [-0.05, 0) is 72.4 Å². The third-order valence-corrected chi connectivity index (χ3v) is 8.12. The lowest BCUT2D eigenvalue weighted by atomic mass is 9.68. The Morgan fingerprint density at radius 1 is 1.03 bits per heavy atom. The smallest absolute Gasteiger partial charge is 0.182 e. The third kappa shape index (κ3) is 4.49. The number of benzene rings is 3. The molecular weight excluding hydrogens is 459 g/mol. The van der Waals surface area contributed by atoms with Crippen LogP contribution in [0.1, 0.15) is 54.7 Å². The molecule has 5 heteroatoms. The fourth-order valence-corrected chi connectivity index (χ4v) is 6.20. The average molecular weight is 489 g/mol. The van der Waals surface area contributed by atoms with Crippen LogP contribution in [0.15, 0.2) is 100 Å². The first-order valence-electron chi connectivity index (χ1n) is 13.0. The molecular formula is C32H29FN4. The SMILES string of the molecule is N#CNC(=NCc1ccccc1)C1=CCCC(C2=Nc3cc(F)ccc3C3CC23)(c2ccccc2)CC1.